The van der Waals surface area contributed by atoms with E-state index in [2.05, 4.69) is 10.6 Å². The summed E-state index contributed by atoms with van der Waals surface area (Å²) in [6.07, 6.45) is 7.12. The number of carbonyl (C=O) groups is 2. The van der Waals surface area contributed by atoms with Crippen molar-refractivity contribution in [3.05, 3.63) is 24.3 Å². The van der Waals surface area contributed by atoms with Gasteiger partial charge in [0.15, 0.2) is 9.84 Å². The van der Waals surface area contributed by atoms with Crippen LogP contribution < -0.4 is 10.6 Å². The van der Waals surface area contributed by atoms with Gasteiger partial charge in [0, 0.05) is 25.1 Å². The minimum atomic E-state index is -2.99. The van der Waals surface area contributed by atoms with Crippen molar-refractivity contribution in [1.82, 2.24) is 10.6 Å². The van der Waals surface area contributed by atoms with Crippen molar-refractivity contribution in [1.29, 1.82) is 0 Å². The van der Waals surface area contributed by atoms with Crippen molar-refractivity contribution in [3.63, 3.8) is 0 Å². The van der Waals surface area contributed by atoms with E-state index >= 15 is 0 Å². The third kappa shape index (κ3) is 6.51. The molecule has 0 spiro atoms. The van der Waals surface area contributed by atoms with Crippen LogP contribution in [0.15, 0.2) is 24.3 Å². The van der Waals surface area contributed by atoms with E-state index in [0.29, 0.717) is 6.42 Å². The SMILES string of the molecule is C/C=C/C=C/C(=O)NCCC(=O)N[C@H]1CCS(=O)(=O)C1. The second kappa shape index (κ2) is 7.84. The van der Waals surface area contributed by atoms with E-state index in [-0.39, 0.29) is 42.3 Å². The maximum absolute atomic E-state index is 11.6. The van der Waals surface area contributed by atoms with Crippen LogP contribution in [-0.4, -0.2) is 44.3 Å². The van der Waals surface area contributed by atoms with Crippen molar-refractivity contribution >= 4 is 21.7 Å². The molecule has 0 saturated carbocycles. The van der Waals surface area contributed by atoms with E-state index in [1.807, 2.05) is 6.92 Å². The van der Waals surface area contributed by atoms with Gasteiger partial charge in [0.1, 0.15) is 0 Å². The number of allylic oxidation sites excluding steroid dienone is 3. The van der Waals surface area contributed by atoms with Gasteiger partial charge in [-0.3, -0.25) is 9.59 Å². The predicted octanol–water partition coefficient (Wildman–Crippen LogP) is -0.0717. The Labute approximate surface area is 119 Å². The number of hydrogen-bond acceptors (Lipinski definition) is 4. The van der Waals surface area contributed by atoms with Crippen LogP contribution in [0.1, 0.15) is 19.8 Å². The number of nitrogens with one attached hydrogen (secondary N) is 2. The van der Waals surface area contributed by atoms with Gasteiger partial charge >= 0.3 is 0 Å². The Balaban J connectivity index is 2.19. The molecule has 6 nitrogen and oxygen atoms in total. The molecule has 1 heterocycles. The minimum absolute atomic E-state index is 0.0111. The zero-order valence-corrected chi connectivity index (χ0v) is 12.3. The predicted molar refractivity (Wildman–Crippen MR) is 76.8 cm³/mol. The van der Waals surface area contributed by atoms with Crippen molar-refractivity contribution in [2.24, 2.45) is 0 Å². The number of hydrogen-bond donors (Lipinski definition) is 2. The average molecular weight is 300 g/mol. The number of rotatable bonds is 6. The highest BCUT2D eigenvalue weighted by atomic mass is 32.2. The van der Waals surface area contributed by atoms with E-state index in [1.165, 1.54) is 6.08 Å². The molecule has 112 valence electrons. The Hall–Kier alpha value is -1.63. The lowest BCUT2D eigenvalue weighted by Gasteiger charge is -2.10. The normalized spacial score (nSPS) is 21.4. The van der Waals surface area contributed by atoms with Gasteiger partial charge in [-0.1, -0.05) is 18.2 Å². The summed E-state index contributed by atoms with van der Waals surface area (Å²) in [7, 11) is -2.99. The molecule has 7 heteroatoms. The lowest BCUT2D eigenvalue weighted by atomic mass is 10.2. The molecule has 1 aliphatic rings. The zero-order valence-electron chi connectivity index (χ0n) is 11.5. The molecule has 0 aromatic heterocycles. The summed E-state index contributed by atoms with van der Waals surface area (Å²) >= 11 is 0. The van der Waals surface area contributed by atoms with Gasteiger partial charge in [-0.05, 0) is 13.3 Å². The van der Waals surface area contributed by atoms with E-state index < -0.39 is 9.84 Å². The van der Waals surface area contributed by atoms with E-state index in [9.17, 15) is 18.0 Å². The third-order valence-electron chi connectivity index (χ3n) is 2.80. The highest BCUT2D eigenvalue weighted by molar-refractivity contribution is 7.91. The number of amides is 2. The maximum Gasteiger partial charge on any atom is 0.243 e. The minimum Gasteiger partial charge on any atom is -0.352 e. The van der Waals surface area contributed by atoms with Crippen molar-refractivity contribution in [2.45, 2.75) is 25.8 Å². The second-order valence-electron chi connectivity index (χ2n) is 4.59. The fourth-order valence-electron chi connectivity index (χ4n) is 1.82. The molecule has 2 amide bonds. The highest BCUT2D eigenvalue weighted by Gasteiger charge is 2.28. The summed E-state index contributed by atoms with van der Waals surface area (Å²) in [5, 5.41) is 5.24. The summed E-state index contributed by atoms with van der Waals surface area (Å²) in [6, 6.07) is -0.294. The number of sulfone groups is 1. The zero-order chi connectivity index (χ0) is 15.0. The number of carbonyl (C=O) groups excluding carboxylic acids is 2. The van der Waals surface area contributed by atoms with Crippen molar-refractivity contribution < 1.29 is 18.0 Å². The molecule has 1 saturated heterocycles. The van der Waals surface area contributed by atoms with Gasteiger partial charge in [-0.15, -0.1) is 0 Å². The Morgan fingerprint density at radius 3 is 2.65 bits per heavy atom. The van der Waals surface area contributed by atoms with E-state index in [4.69, 9.17) is 0 Å². The molecule has 0 bridgehead atoms. The fraction of sp³-hybridized carbons (Fsp3) is 0.538. The summed E-state index contributed by atoms with van der Waals surface area (Å²) < 4.78 is 22.5. The molecule has 2 N–H and O–H groups in total. The Morgan fingerprint density at radius 1 is 1.30 bits per heavy atom. The maximum atomic E-state index is 11.6. The first-order valence-corrected chi connectivity index (χ1v) is 8.32. The Morgan fingerprint density at radius 2 is 2.05 bits per heavy atom. The second-order valence-corrected chi connectivity index (χ2v) is 6.82. The van der Waals surface area contributed by atoms with Gasteiger partial charge in [-0.2, -0.15) is 0 Å². The largest absolute Gasteiger partial charge is 0.352 e. The molecular formula is C13H20N2O4S. The summed E-state index contributed by atoms with van der Waals surface area (Å²) in [6.45, 7) is 2.07. The van der Waals surface area contributed by atoms with Crippen molar-refractivity contribution in [2.75, 3.05) is 18.1 Å². The molecule has 1 atom stereocenters. The fourth-order valence-corrected chi connectivity index (χ4v) is 3.49. The highest BCUT2D eigenvalue weighted by Crippen LogP contribution is 2.11. The van der Waals surface area contributed by atoms with Crippen LogP contribution >= 0.6 is 0 Å². The monoisotopic (exact) mass is 300 g/mol. The smallest absolute Gasteiger partial charge is 0.243 e. The average Bonchev–Trinajstić information content (AvgIpc) is 2.69. The van der Waals surface area contributed by atoms with E-state index in [1.54, 1.807) is 18.2 Å². The lowest BCUT2D eigenvalue weighted by molar-refractivity contribution is -0.121. The van der Waals surface area contributed by atoms with Gasteiger partial charge in [0.25, 0.3) is 0 Å². The van der Waals surface area contributed by atoms with Crippen LogP contribution in [0.2, 0.25) is 0 Å². The standard InChI is InChI=1S/C13H20N2O4S/c1-2-3-4-5-12(16)14-8-6-13(17)15-11-7-9-20(18,19)10-11/h2-5,11H,6-10H2,1H3,(H,14,16)(H,15,17)/b3-2+,5-4+/t11-/m0/s1. The molecule has 0 radical (unpaired) electrons. The topological polar surface area (TPSA) is 92.3 Å². The van der Waals surface area contributed by atoms with Crippen LogP contribution in [0.3, 0.4) is 0 Å². The van der Waals surface area contributed by atoms with Crippen molar-refractivity contribution in [3.8, 4) is 0 Å². The van der Waals surface area contributed by atoms with Gasteiger partial charge in [-0.25, -0.2) is 8.42 Å². The molecule has 0 aliphatic carbocycles. The summed E-state index contributed by atoms with van der Waals surface area (Å²) in [5.74, 6) is -0.370. The lowest BCUT2D eigenvalue weighted by Crippen LogP contribution is -2.37. The van der Waals surface area contributed by atoms with Crippen LogP contribution in [0.25, 0.3) is 0 Å². The molecule has 0 aromatic carbocycles. The van der Waals surface area contributed by atoms with Gasteiger partial charge in [0.2, 0.25) is 11.8 Å². The van der Waals surface area contributed by atoms with Crippen LogP contribution in [-0.2, 0) is 19.4 Å². The molecule has 1 fully saturated rings. The molecule has 1 aliphatic heterocycles. The Kier molecular flexibility index (Phi) is 6.44. The van der Waals surface area contributed by atoms with Crippen LogP contribution in [0, 0.1) is 0 Å². The van der Waals surface area contributed by atoms with Gasteiger partial charge < -0.3 is 10.6 Å². The first kappa shape index (κ1) is 16.4. The molecule has 20 heavy (non-hydrogen) atoms. The quantitative estimate of drug-likeness (QED) is 0.530. The summed E-state index contributed by atoms with van der Waals surface area (Å²) in [5.41, 5.74) is 0. The molecule has 0 unspecified atom stereocenters. The third-order valence-corrected chi connectivity index (χ3v) is 4.57. The first-order valence-electron chi connectivity index (χ1n) is 6.50. The van der Waals surface area contributed by atoms with Crippen LogP contribution in [0.4, 0.5) is 0 Å². The summed E-state index contributed by atoms with van der Waals surface area (Å²) in [4.78, 5) is 22.9. The van der Waals surface area contributed by atoms with Crippen LogP contribution in [0.5, 0.6) is 0 Å². The first-order chi connectivity index (χ1) is 9.43. The molecule has 1 rings (SSSR count). The molecule has 0 aromatic rings. The molecular weight excluding hydrogens is 280 g/mol. The Bertz CT molecular complexity index is 508. The van der Waals surface area contributed by atoms with E-state index in [0.717, 1.165) is 0 Å². The van der Waals surface area contributed by atoms with Gasteiger partial charge in [0.05, 0.1) is 11.5 Å².